The van der Waals surface area contributed by atoms with Crippen LogP contribution in [0.25, 0.3) is 0 Å². The standard InChI is InChI=1S/C6H14O2.C3H6O2S2/c7-5-3-1-2-4-6-8;1-3(6,7)2(4)5/h7-8H,1-6H2;6-7H,1H3,(H,4,5). The van der Waals surface area contributed by atoms with Gasteiger partial charge >= 0.3 is 5.97 Å². The van der Waals surface area contributed by atoms with Gasteiger partial charge in [-0.1, -0.05) is 12.8 Å². The smallest absolute Gasteiger partial charge is 0.329 e. The van der Waals surface area contributed by atoms with E-state index in [1.807, 2.05) is 0 Å². The first-order valence-electron chi connectivity index (χ1n) is 4.76. The summed E-state index contributed by atoms with van der Waals surface area (Å²) in [6.07, 6.45) is 3.83. The number of aliphatic hydroxyl groups excluding tert-OH is 2. The van der Waals surface area contributed by atoms with Crippen molar-refractivity contribution in [3.05, 3.63) is 0 Å². The third-order valence-corrected chi connectivity index (χ3v) is 1.85. The molecule has 0 aromatic carbocycles. The van der Waals surface area contributed by atoms with Crippen LogP contribution < -0.4 is 0 Å². The molecule has 0 fully saturated rings. The maximum atomic E-state index is 9.87. The molecule has 0 aliphatic heterocycles. The number of thiol groups is 2. The SMILES string of the molecule is CC(S)(S)C(=O)O.OCCCCCCO. The molecular weight excluding hydrogens is 236 g/mol. The van der Waals surface area contributed by atoms with Gasteiger partial charge in [-0.15, -0.1) is 0 Å². The van der Waals surface area contributed by atoms with E-state index < -0.39 is 10.0 Å². The Morgan fingerprint density at radius 1 is 1.07 bits per heavy atom. The van der Waals surface area contributed by atoms with Crippen molar-refractivity contribution in [2.45, 2.75) is 36.7 Å². The molecule has 0 amide bonds. The molecule has 0 aromatic rings. The Labute approximate surface area is 102 Å². The molecule has 0 bridgehead atoms. The molecule has 0 spiro atoms. The van der Waals surface area contributed by atoms with Crippen molar-refractivity contribution in [2.75, 3.05) is 13.2 Å². The Bertz CT molecular complexity index is 151. The number of unbranched alkanes of at least 4 members (excludes halogenated alkanes) is 3. The zero-order valence-electron chi connectivity index (χ0n) is 8.89. The molecule has 15 heavy (non-hydrogen) atoms. The van der Waals surface area contributed by atoms with Crippen LogP contribution >= 0.6 is 25.3 Å². The fourth-order valence-corrected chi connectivity index (χ4v) is 0.577. The first-order valence-corrected chi connectivity index (χ1v) is 5.65. The van der Waals surface area contributed by atoms with Gasteiger partial charge in [0.2, 0.25) is 0 Å². The summed E-state index contributed by atoms with van der Waals surface area (Å²) < 4.78 is -1.19. The van der Waals surface area contributed by atoms with Crippen LogP contribution in [-0.2, 0) is 4.79 Å². The van der Waals surface area contributed by atoms with Crippen molar-refractivity contribution in [3.63, 3.8) is 0 Å². The van der Waals surface area contributed by atoms with Crippen molar-refractivity contribution in [1.82, 2.24) is 0 Å². The molecule has 0 saturated heterocycles. The molecular formula is C9H20O4S2. The second-order valence-electron chi connectivity index (χ2n) is 3.19. The number of carboxylic acid groups (broad SMARTS) is 1. The molecule has 0 atom stereocenters. The number of aliphatic carboxylic acids is 1. The van der Waals surface area contributed by atoms with Crippen LogP contribution in [0.4, 0.5) is 0 Å². The van der Waals surface area contributed by atoms with Crippen LogP contribution in [0.1, 0.15) is 32.6 Å². The molecule has 3 N–H and O–H groups in total. The van der Waals surface area contributed by atoms with Crippen LogP contribution in [0.15, 0.2) is 0 Å². The minimum atomic E-state index is -1.19. The quantitative estimate of drug-likeness (QED) is 0.281. The summed E-state index contributed by atoms with van der Waals surface area (Å²) in [5.41, 5.74) is 0. The molecule has 6 heteroatoms. The van der Waals surface area contributed by atoms with E-state index in [2.05, 4.69) is 25.3 Å². The Morgan fingerprint density at radius 2 is 1.33 bits per heavy atom. The molecule has 0 aromatic heterocycles. The summed E-state index contributed by atoms with van der Waals surface area (Å²) in [6, 6.07) is 0. The van der Waals surface area contributed by atoms with Crippen LogP contribution in [0.2, 0.25) is 0 Å². The van der Waals surface area contributed by atoms with Crippen LogP contribution in [-0.4, -0.2) is 38.6 Å². The first-order chi connectivity index (χ1) is 6.86. The largest absolute Gasteiger partial charge is 0.480 e. The van der Waals surface area contributed by atoms with E-state index in [1.165, 1.54) is 6.92 Å². The van der Waals surface area contributed by atoms with Gasteiger partial charge in [0, 0.05) is 13.2 Å². The lowest BCUT2D eigenvalue weighted by atomic mass is 10.2. The molecule has 4 nitrogen and oxygen atoms in total. The van der Waals surface area contributed by atoms with E-state index in [4.69, 9.17) is 15.3 Å². The monoisotopic (exact) mass is 256 g/mol. The predicted octanol–water partition coefficient (Wildman–Crippen LogP) is 1.18. The Hall–Kier alpha value is 0.0900. The second-order valence-corrected chi connectivity index (χ2v) is 5.33. The van der Waals surface area contributed by atoms with Crippen LogP contribution in [0.3, 0.4) is 0 Å². The molecule has 0 unspecified atom stereocenters. The highest BCUT2D eigenvalue weighted by Gasteiger charge is 2.21. The van der Waals surface area contributed by atoms with Gasteiger partial charge in [-0.05, 0) is 19.8 Å². The zero-order chi connectivity index (χ0) is 12.3. The molecule has 0 saturated carbocycles. The molecule has 92 valence electrons. The van der Waals surface area contributed by atoms with Gasteiger partial charge in [-0.25, -0.2) is 4.79 Å². The second kappa shape index (κ2) is 10.6. The minimum absolute atomic E-state index is 0.283. The highest BCUT2D eigenvalue weighted by atomic mass is 32.2. The van der Waals surface area contributed by atoms with Gasteiger partial charge in [-0.3, -0.25) is 0 Å². The van der Waals surface area contributed by atoms with Crippen molar-refractivity contribution in [1.29, 1.82) is 0 Å². The average Bonchev–Trinajstić information content (AvgIpc) is 2.12. The number of rotatable bonds is 6. The van der Waals surface area contributed by atoms with E-state index in [0.717, 1.165) is 25.7 Å². The van der Waals surface area contributed by atoms with Gasteiger partial charge < -0.3 is 15.3 Å². The summed E-state index contributed by atoms with van der Waals surface area (Å²) >= 11 is 7.23. The van der Waals surface area contributed by atoms with E-state index in [9.17, 15) is 4.79 Å². The van der Waals surface area contributed by atoms with Crippen molar-refractivity contribution < 1.29 is 20.1 Å². The molecule has 0 heterocycles. The number of carbonyl (C=O) groups is 1. The topological polar surface area (TPSA) is 77.8 Å². The molecule has 0 radical (unpaired) electrons. The van der Waals surface area contributed by atoms with Crippen molar-refractivity contribution in [3.8, 4) is 0 Å². The normalized spacial score (nSPS) is 10.5. The van der Waals surface area contributed by atoms with Gasteiger partial charge in [0.05, 0.1) is 0 Å². The number of hydrogen-bond donors (Lipinski definition) is 5. The Morgan fingerprint density at radius 3 is 1.47 bits per heavy atom. The fraction of sp³-hybridized carbons (Fsp3) is 0.889. The fourth-order valence-electron chi connectivity index (χ4n) is 0.577. The van der Waals surface area contributed by atoms with Crippen LogP contribution in [0, 0.1) is 0 Å². The first kappa shape index (κ1) is 17.5. The van der Waals surface area contributed by atoms with Gasteiger partial charge in [0.1, 0.15) is 4.08 Å². The molecule has 0 aliphatic carbocycles. The average molecular weight is 256 g/mol. The van der Waals surface area contributed by atoms with Crippen LogP contribution in [0.5, 0.6) is 0 Å². The van der Waals surface area contributed by atoms with E-state index in [0.29, 0.717) is 0 Å². The summed E-state index contributed by atoms with van der Waals surface area (Å²) in [6.45, 7) is 1.96. The van der Waals surface area contributed by atoms with E-state index in [1.54, 1.807) is 0 Å². The summed E-state index contributed by atoms with van der Waals surface area (Å²) in [7, 11) is 0. The third-order valence-electron chi connectivity index (χ3n) is 1.47. The lowest BCUT2D eigenvalue weighted by Crippen LogP contribution is -2.20. The Kier molecular flexibility index (Phi) is 12.4. The number of aliphatic hydroxyl groups is 2. The predicted molar refractivity (Wildman–Crippen MR) is 66.7 cm³/mol. The van der Waals surface area contributed by atoms with Gasteiger partial charge in [0.25, 0.3) is 0 Å². The maximum absolute atomic E-state index is 9.87. The van der Waals surface area contributed by atoms with E-state index in [-0.39, 0.29) is 13.2 Å². The summed E-state index contributed by atoms with van der Waals surface area (Å²) in [5, 5.41) is 24.7. The number of carboxylic acids is 1. The summed E-state index contributed by atoms with van der Waals surface area (Å²) in [5.74, 6) is -1.03. The van der Waals surface area contributed by atoms with Gasteiger partial charge in [-0.2, -0.15) is 25.3 Å². The van der Waals surface area contributed by atoms with Gasteiger partial charge in [0.15, 0.2) is 0 Å². The lowest BCUT2D eigenvalue weighted by Gasteiger charge is -2.06. The Balaban J connectivity index is 0. The van der Waals surface area contributed by atoms with Crippen molar-refractivity contribution >= 4 is 31.2 Å². The maximum Gasteiger partial charge on any atom is 0.329 e. The molecule has 0 rings (SSSR count). The zero-order valence-corrected chi connectivity index (χ0v) is 10.7. The van der Waals surface area contributed by atoms with Crippen molar-refractivity contribution in [2.24, 2.45) is 0 Å². The highest BCUT2D eigenvalue weighted by Crippen LogP contribution is 2.16. The van der Waals surface area contributed by atoms with E-state index >= 15 is 0 Å². The third kappa shape index (κ3) is 16.7. The number of hydrogen-bond acceptors (Lipinski definition) is 5. The minimum Gasteiger partial charge on any atom is -0.480 e. The lowest BCUT2D eigenvalue weighted by molar-refractivity contribution is -0.136. The summed E-state index contributed by atoms with van der Waals surface area (Å²) in [4.78, 5) is 9.87. The highest BCUT2D eigenvalue weighted by molar-refractivity contribution is 8.01. The molecule has 0 aliphatic rings.